The number of phenolic OH excluding ortho intramolecular Hbond substituents is 1. The van der Waals surface area contributed by atoms with E-state index >= 15 is 0 Å². The van der Waals surface area contributed by atoms with Crippen LogP contribution in [0.2, 0.25) is 0 Å². The van der Waals surface area contributed by atoms with Crippen molar-refractivity contribution >= 4 is 5.91 Å². The fourth-order valence-electron chi connectivity index (χ4n) is 3.99. The molecule has 0 spiro atoms. The first kappa shape index (κ1) is 20.0. The van der Waals surface area contributed by atoms with Crippen molar-refractivity contribution in [3.05, 3.63) is 29.8 Å². The highest BCUT2D eigenvalue weighted by Crippen LogP contribution is 2.30. The summed E-state index contributed by atoms with van der Waals surface area (Å²) in [6.07, 6.45) is 1.61. The number of aromatic hydroxyl groups is 1. The Labute approximate surface area is 158 Å². The number of carbonyl (C=O) groups is 1. The molecule has 5 nitrogen and oxygen atoms in total. The molecule has 2 aliphatic rings. The Morgan fingerprint density at radius 2 is 1.81 bits per heavy atom. The lowest BCUT2D eigenvalue weighted by molar-refractivity contribution is -0.130. The van der Waals surface area contributed by atoms with Crippen LogP contribution in [0.4, 0.5) is 8.78 Å². The van der Waals surface area contributed by atoms with Gasteiger partial charge in [0.05, 0.1) is 12.0 Å². The number of β-amino-alcohol motifs (C(OH)–C–C–N with tert-alkyl or cyclic N) is 1. The molecule has 0 saturated carbocycles. The molecule has 7 heteroatoms. The molecule has 0 aromatic heterocycles. The Bertz CT molecular complexity index is 660. The Hall–Kier alpha value is -1.73. The van der Waals surface area contributed by atoms with E-state index in [2.05, 4.69) is 0 Å². The van der Waals surface area contributed by atoms with Crippen LogP contribution in [0, 0.1) is 0 Å². The Morgan fingerprint density at radius 1 is 1.07 bits per heavy atom. The van der Waals surface area contributed by atoms with Crippen molar-refractivity contribution in [1.82, 2.24) is 9.80 Å². The second-order valence-electron chi connectivity index (χ2n) is 7.94. The lowest BCUT2D eigenvalue weighted by atomic mass is 9.93. The monoisotopic (exact) mass is 382 g/mol. The molecular formula is C20H28F2N2O3. The molecule has 150 valence electrons. The molecule has 2 heterocycles. The average molecular weight is 382 g/mol. The number of aliphatic hydroxyl groups is 1. The average Bonchev–Trinajstić information content (AvgIpc) is 2.79. The number of benzene rings is 1. The number of carbonyl (C=O) groups excluding carboxylic acids is 1. The third kappa shape index (κ3) is 5.62. The molecule has 0 aliphatic carbocycles. The minimum absolute atomic E-state index is 0.0255. The highest BCUT2D eigenvalue weighted by molar-refractivity contribution is 5.78. The first-order valence-corrected chi connectivity index (χ1v) is 9.63. The van der Waals surface area contributed by atoms with Gasteiger partial charge in [-0.05, 0) is 37.0 Å². The van der Waals surface area contributed by atoms with E-state index in [1.165, 1.54) is 0 Å². The zero-order chi connectivity index (χ0) is 19.5. The van der Waals surface area contributed by atoms with E-state index in [0.29, 0.717) is 52.0 Å². The number of phenols is 1. The number of halogens is 2. The van der Waals surface area contributed by atoms with Gasteiger partial charge in [0.25, 0.3) is 5.92 Å². The molecule has 0 bridgehead atoms. The molecule has 1 aromatic carbocycles. The Balaban J connectivity index is 1.52. The van der Waals surface area contributed by atoms with Crippen LogP contribution in [0.5, 0.6) is 5.75 Å². The van der Waals surface area contributed by atoms with Gasteiger partial charge in [-0.25, -0.2) is 8.78 Å². The molecule has 2 N–H and O–H groups in total. The summed E-state index contributed by atoms with van der Waals surface area (Å²) >= 11 is 0. The standard InChI is InChI=1S/C20H28F2N2O3/c21-20(22)7-10-23(11-8-20)15-19(27)5-2-9-24(12-6-19)18(26)14-16-3-1-4-17(25)13-16/h1,3-4,13,25,27H,2,5-12,14-15H2. The number of hydrogen-bond acceptors (Lipinski definition) is 4. The maximum atomic E-state index is 13.3. The lowest BCUT2D eigenvalue weighted by Gasteiger charge is -2.37. The van der Waals surface area contributed by atoms with Gasteiger partial charge in [-0.15, -0.1) is 0 Å². The van der Waals surface area contributed by atoms with E-state index in [1.54, 1.807) is 29.2 Å². The molecule has 0 radical (unpaired) electrons. The second kappa shape index (κ2) is 8.10. The van der Waals surface area contributed by atoms with Crippen LogP contribution in [-0.4, -0.2) is 70.2 Å². The third-order valence-electron chi connectivity index (χ3n) is 5.64. The quantitative estimate of drug-likeness (QED) is 0.840. The van der Waals surface area contributed by atoms with E-state index < -0.39 is 11.5 Å². The fraction of sp³-hybridized carbons (Fsp3) is 0.650. The number of likely N-dealkylation sites (tertiary alicyclic amines) is 2. The van der Waals surface area contributed by atoms with Gasteiger partial charge in [-0.2, -0.15) is 0 Å². The number of hydrogen-bond donors (Lipinski definition) is 2. The van der Waals surface area contributed by atoms with Crippen molar-refractivity contribution in [1.29, 1.82) is 0 Å². The van der Waals surface area contributed by atoms with Crippen LogP contribution in [0.3, 0.4) is 0 Å². The summed E-state index contributed by atoms with van der Waals surface area (Å²) in [5.74, 6) is -2.47. The highest BCUT2D eigenvalue weighted by Gasteiger charge is 2.38. The predicted octanol–water partition coefficient (Wildman–Crippen LogP) is 2.41. The molecule has 27 heavy (non-hydrogen) atoms. The Kier molecular flexibility index (Phi) is 6.01. The number of piperidine rings is 1. The van der Waals surface area contributed by atoms with Gasteiger partial charge in [0.1, 0.15) is 5.75 Å². The maximum absolute atomic E-state index is 13.3. The normalized spacial score (nSPS) is 26.6. The van der Waals surface area contributed by atoms with E-state index in [-0.39, 0.29) is 30.9 Å². The number of rotatable bonds is 4. The first-order valence-electron chi connectivity index (χ1n) is 9.63. The summed E-state index contributed by atoms with van der Waals surface area (Å²) in [4.78, 5) is 16.2. The van der Waals surface area contributed by atoms with Gasteiger partial charge in [0.15, 0.2) is 0 Å². The van der Waals surface area contributed by atoms with Gasteiger partial charge in [0.2, 0.25) is 5.91 Å². The maximum Gasteiger partial charge on any atom is 0.250 e. The van der Waals surface area contributed by atoms with Crippen molar-refractivity contribution in [3.63, 3.8) is 0 Å². The van der Waals surface area contributed by atoms with E-state index in [4.69, 9.17) is 0 Å². The van der Waals surface area contributed by atoms with E-state index in [1.807, 2.05) is 4.90 Å². The van der Waals surface area contributed by atoms with Crippen molar-refractivity contribution in [2.45, 2.75) is 50.0 Å². The zero-order valence-electron chi connectivity index (χ0n) is 15.5. The summed E-state index contributed by atoms with van der Waals surface area (Å²) in [5.41, 5.74) is -0.180. The summed E-state index contributed by atoms with van der Waals surface area (Å²) in [6, 6.07) is 6.66. The molecule has 1 unspecified atom stereocenters. The van der Waals surface area contributed by atoms with Crippen molar-refractivity contribution in [2.24, 2.45) is 0 Å². The minimum atomic E-state index is -2.59. The third-order valence-corrected chi connectivity index (χ3v) is 5.64. The first-order chi connectivity index (χ1) is 12.7. The van der Waals surface area contributed by atoms with Gasteiger partial charge >= 0.3 is 0 Å². The molecule has 2 fully saturated rings. The number of nitrogens with zero attached hydrogens (tertiary/aromatic N) is 2. The van der Waals surface area contributed by atoms with Gasteiger partial charge < -0.3 is 20.0 Å². The largest absolute Gasteiger partial charge is 0.508 e. The summed E-state index contributed by atoms with van der Waals surface area (Å²) in [7, 11) is 0. The predicted molar refractivity (Wildman–Crippen MR) is 97.8 cm³/mol. The summed E-state index contributed by atoms with van der Waals surface area (Å²) in [5, 5.41) is 20.5. The fourth-order valence-corrected chi connectivity index (χ4v) is 3.99. The molecule has 2 saturated heterocycles. The highest BCUT2D eigenvalue weighted by atomic mass is 19.3. The summed E-state index contributed by atoms with van der Waals surface area (Å²) < 4.78 is 26.6. The van der Waals surface area contributed by atoms with Crippen LogP contribution in [0.1, 0.15) is 37.7 Å². The van der Waals surface area contributed by atoms with Crippen LogP contribution in [0.15, 0.2) is 24.3 Å². The SMILES string of the molecule is O=C(Cc1cccc(O)c1)N1CCCC(O)(CN2CCC(F)(F)CC2)CC1. The Morgan fingerprint density at radius 3 is 2.52 bits per heavy atom. The van der Waals surface area contributed by atoms with E-state index in [9.17, 15) is 23.8 Å². The molecule has 3 rings (SSSR count). The van der Waals surface area contributed by atoms with Crippen LogP contribution in [-0.2, 0) is 11.2 Å². The number of alkyl halides is 2. The smallest absolute Gasteiger partial charge is 0.250 e. The topological polar surface area (TPSA) is 64.0 Å². The molecule has 1 aromatic rings. The van der Waals surface area contributed by atoms with Gasteiger partial charge in [0, 0.05) is 45.6 Å². The second-order valence-corrected chi connectivity index (χ2v) is 7.94. The van der Waals surface area contributed by atoms with E-state index in [0.717, 1.165) is 5.56 Å². The molecule has 2 aliphatic heterocycles. The van der Waals surface area contributed by atoms with Crippen molar-refractivity contribution < 1.29 is 23.8 Å². The van der Waals surface area contributed by atoms with Crippen LogP contribution in [0.25, 0.3) is 0 Å². The van der Waals surface area contributed by atoms with Crippen molar-refractivity contribution in [3.8, 4) is 5.75 Å². The van der Waals surface area contributed by atoms with Crippen LogP contribution < -0.4 is 0 Å². The molecular weight excluding hydrogens is 354 g/mol. The van der Waals surface area contributed by atoms with Crippen molar-refractivity contribution in [2.75, 3.05) is 32.7 Å². The van der Waals surface area contributed by atoms with Crippen LogP contribution >= 0.6 is 0 Å². The summed E-state index contributed by atoms with van der Waals surface area (Å²) in [6.45, 7) is 2.03. The number of amides is 1. The molecule has 1 atom stereocenters. The van der Waals surface area contributed by atoms with Gasteiger partial charge in [-0.1, -0.05) is 12.1 Å². The zero-order valence-corrected chi connectivity index (χ0v) is 15.5. The van der Waals surface area contributed by atoms with Gasteiger partial charge in [-0.3, -0.25) is 4.79 Å². The minimum Gasteiger partial charge on any atom is -0.508 e. The molecule has 1 amide bonds. The lowest BCUT2D eigenvalue weighted by Crippen LogP contribution is -2.48.